The first-order valence-electron chi connectivity index (χ1n) is 7.04. The molecule has 0 aromatic carbocycles. The Morgan fingerprint density at radius 3 is 1.88 bits per heavy atom. The molecule has 0 aliphatic heterocycles. The van der Waals surface area contributed by atoms with Crippen molar-refractivity contribution in [2.24, 2.45) is 23.5 Å². The molecule has 2 nitrogen and oxygen atoms in total. The number of methoxy groups -OCH3 is 1. The molecule has 2 aliphatic carbocycles. The van der Waals surface area contributed by atoms with E-state index in [0.29, 0.717) is 6.04 Å². The second kappa shape index (κ2) is 6.02. The van der Waals surface area contributed by atoms with Crippen LogP contribution in [0.4, 0.5) is 0 Å². The van der Waals surface area contributed by atoms with Gasteiger partial charge in [-0.3, -0.25) is 0 Å². The number of rotatable bonds is 3. The Hall–Kier alpha value is -0.0800. The fraction of sp³-hybridized carbons (Fsp3) is 1.00. The molecule has 0 unspecified atom stereocenters. The van der Waals surface area contributed by atoms with Crippen molar-refractivity contribution in [3.05, 3.63) is 0 Å². The fourth-order valence-corrected chi connectivity index (χ4v) is 3.68. The van der Waals surface area contributed by atoms with Crippen LogP contribution in [0.1, 0.15) is 51.4 Å². The Kier molecular flexibility index (Phi) is 4.66. The van der Waals surface area contributed by atoms with Gasteiger partial charge in [-0.25, -0.2) is 0 Å². The molecular weight excluding hydrogens is 198 g/mol. The van der Waals surface area contributed by atoms with E-state index in [9.17, 15) is 0 Å². The van der Waals surface area contributed by atoms with Gasteiger partial charge >= 0.3 is 0 Å². The van der Waals surface area contributed by atoms with E-state index in [1.54, 1.807) is 0 Å². The molecule has 0 aromatic rings. The lowest BCUT2D eigenvalue weighted by atomic mass is 9.70. The van der Waals surface area contributed by atoms with Crippen LogP contribution in [-0.2, 0) is 4.74 Å². The molecule has 0 radical (unpaired) electrons. The molecular formula is C14H27NO. The van der Waals surface area contributed by atoms with E-state index >= 15 is 0 Å². The van der Waals surface area contributed by atoms with Crippen LogP contribution in [0.25, 0.3) is 0 Å². The van der Waals surface area contributed by atoms with E-state index in [2.05, 4.69) is 0 Å². The van der Waals surface area contributed by atoms with Crippen LogP contribution in [-0.4, -0.2) is 19.8 Å². The molecule has 2 fully saturated rings. The van der Waals surface area contributed by atoms with Crippen molar-refractivity contribution in [1.29, 1.82) is 0 Å². The maximum atomic E-state index is 5.97. The first-order valence-corrected chi connectivity index (χ1v) is 7.04. The van der Waals surface area contributed by atoms with E-state index in [-0.39, 0.29) is 0 Å². The molecule has 94 valence electrons. The van der Waals surface area contributed by atoms with Gasteiger partial charge in [0.15, 0.2) is 0 Å². The van der Waals surface area contributed by atoms with Crippen LogP contribution < -0.4 is 5.73 Å². The van der Waals surface area contributed by atoms with Crippen LogP contribution in [0.2, 0.25) is 0 Å². The summed E-state index contributed by atoms with van der Waals surface area (Å²) in [6.07, 6.45) is 11.0. The summed E-state index contributed by atoms with van der Waals surface area (Å²) < 4.78 is 5.26. The summed E-state index contributed by atoms with van der Waals surface area (Å²) >= 11 is 0. The van der Waals surface area contributed by atoms with Crippen molar-refractivity contribution in [3.8, 4) is 0 Å². The predicted molar refractivity (Wildman–Crippen MR) is 67.3 cm³/mol. The normalized spacial score (nSPS) is 40.9. The van der Waals surface area contributed by atoms with Crippen molar-refractivity contribution < 1.29 is 4.74 Å². The van der Waals surface area contributed by atoms with Gasteiger partial charge in [-0.1, -0.05) is 0 Å². The number of hydrogen-bond acceptors (Lipinski definition) is 2. The lowest BCUT2D eigenvalue weighted by Gasteiger charge is -2.37. The van der Waals surface area contributed by atoms with Gasteiger partial charge in [0.2, 0.25) is 0 Å². The summed E-state index contributed by atoms with van der Waals surface area (Å²) in [5.41, 5.74) is 5.97. The Labute approximate surface area is 99.9 Å². The largest absolute Gasteiger partial charge is 0.384 e. The van der Waals surface area contributed by atoms with Gasteiger partial charge in [0.1, 0.15) is 0 Å². The zero-order valence-corrected chi connectivity index (χ0v) is 10.7. The summed E-state index contributed by atoms with van der Waals surface area (Å²) in [6, 6.07) is 0.501. The van der Waals surface area contributed by atoms with Crippen LogP contribution in [0.3, 0.4) is 0 Å². The van der Waals surface area contributed by atoms with Crippen LogP contribution in [0.15, 0.2) is 0 Å². The molecule has 2 N–H and O–H groups in total. The lowest BCUT2D eigenvalue weighted by Crippen LogP contribution is -2.31. The summed E-state index contributed by atoms with van der Waals surface area (Å²) in [5, 5.41) is 0. The molecule has 16 heavy (non-hydrogen) atoms. The highest BCUT2D eigenvalue weighted by molar-refractivity contribution is 4.82. The average molecular weight is 225 g/mol. The molecule has 0 spiro atoms. The zero-order valence-electron chi connectivity index (χ0n) is 10.7. The fourth-order valence-electron chi connectivity index (χ4n) is 3.68. The Morgan fingerprint density at radius 1 is 0.875 bits per heavy atom. The first-order chi connectivity index (χ1) is 7.79. The van der Waals surface area contributed by atoms with Crippen LogP contribution in [0.5, 0.6) is 0 Å². The molecule has 2 heteroatoms. The van der Waals surface area contributed by atoms with Crippen molar-refractivity contribution in [1.82, 2.24) is 0 Å². The van der Waals surface area contributed by atoms with Crippen molar-refractivity contribution in [2.45, 2.75) is 57.4 Å². The van der Waals surface area contributed by atoms with E-state index in [1.165, 1.54) is 51.4 Å². The van der Waals surface area contributed by atoms with Crippen molar-refractivity contribution in [3.63, 3.8) is 0 Å². The van der Waals surface area contributed by atoms with Crippen molar-refractivity contribution in [2.75, 3.05) is 13.7 Å². The van der Waals surface area contributed by atoms with E-state index < -0.39 is 0 Å². The topological polar surface area (TPSA) is 35.2 Å². The van der Waals surface area contributed by atoms with Gasteiger partial charge < -0.3 is 10.5 Å². The second-order valence-electron chi connectivity index (χ2n) is 5.91. The zero-order chi connectivity index (χ0) is 11.4. The van der Waals surface area contributed by atoms with E-state index in [4.69, 9.17) is 10.5 Å². The molecule has 0 atom stereocenters. The molecule has 0 aromatic heterocycles. The third-order valence-electron chi connectivity index (χ3n) is 4.78. The number of ether oxygens (including phenoxy) is 1. The Morgan fingerprint density at radius 2 is 1.38 bits per heavy atom. The van der Waals surface area contributed by atoms with Gasteiger partial charge in [-0.2, -0.15) is 0 Å². The minimum atomic E-state index is 0.501. The van der Waals surface area contributed by atoms with Gasteiger partial charge in [0.05, 0.1) is 0 Å². The Bertz CT molecular complexity index is 191. The summed E-state index contributed by atoms with van der Waals surface area (Å²) in [6.45, 7) is 0.974. The summed E-state index contributed by atoms with van der Waals surface area (Å²) in [7, 11) is 1.83. The quantitative estimate of drug-likeness (QED) is 0.801. The molecule has 2 saturated carbocycles. The second-order valence-corrected chi connectivity index (χ2v) is 5.91. The predicted octanol–water partition coefficient (Wildman–Crippen LogP) is 2.96. The monoisotopic (exact) mass is 225 g/mol. The van der Waals surface area contributed by atoms with Gasteiger partial charge in [0.25, 0.3) is 0 Å². The molecule has 2 rings (SSSR count). The highest BCUT2D eigenvalue weighted by Crippen LogP contribution is 2.39. The summed E-state index contributed by atoms with van der Waals surface area (Å²) in [4.78, 5) is 0. The van der Waals surface area contributed by atoms with Crippen LogP contribution in [0, 0.1) is 17.8 Å². The van der Waals surface area contributed by atoms with E-state index in [0.717, 1.165) is 24.4 Å². The van der Waals surface area contributed by atoms with Gasteiger partial charge in [-0.05, 0) is 69.1 Å². The van der Waals surface area contributed by atoms with Crippen LogP contribution >= 0.6 is 0 Å². The maximum absolute atomic E-state index is 5.97. The third kappa shape index (κ3) is 3.21. The minimum absolute atomic E-state index is 0.501. The minimum Gasteiger partial charge on any atom is -0.384 e. The smallest absolute Gasteiger partial charge is 0.0490 e. The molecule has 0 bridgehead atoms. The van der Waals surface area contributed by atoms with Gasteiger partial charge in [0, 0.05) is 19.8 Å². The highest BCUT2D eigenvalue weighted by Gasteiger charge is 2.29. The first kappa shape index (κ1) is 12.4. The standard InChI is InChI=1S/C14H27NO/c1-16-10-11-2-4-12(5-3-11)13-6-8-14(15)9-7-13/h11-14H,2-10,15H2,1H3. The Balaban J connectivity index is 1.72. The lowest BCUT2D eigenvalue weighted by molar-refractivity contribution is 0.0970. The van der Waals surface area contributed by atoms with Gasteiger partial charge in [-0.15, -0.1) is 0 Å². The SMILES string of the molecule is COCC1CCC(C2CCC(N)CC2)CC1. The molecule has 0 saturated heterocycles. The number of hydrogen-bond donors (Lipinski definition) is 1. The molecule has 0 amide bonds. The third-order valence-corrected chi connectivity index (χ3v) is 4.78. The summed E-state index contributed by atoms with van der Waals surface area (Å²) in [5.74, 6) is 2.83. The molecule has 0 heterocycles. The highest BCUT2D eigenvalue weighted by atomic mass is 16.5. The van der Waals surface area contributed by atoms with Crippen molar-refractivity contribution >= 4 is 0 Å². The average Bonchev–Trinajstić information content (AvgIpc) is 2.32. The molecule has 2 aliphatic rings. The number of nitrogens with two attached hydrogens (primary N) is 1. The van der Waals surface area contributed by atoms with E-state index in [1.807, 2.05) is 7.11 Å². The maximum Gasteiger partial charge on any atom is 0.0490 e.